The lowest BCUT2D eigenvalue weighted by Crippen LogP contribution is -2.25. The van der Waals surface area contributed by atoms with Crippen LogP contribution >= 0.6 is 15.2 Å². The maximum Gasteiger partial charge on any atom is 0.365 e. The van der Waals surface area contributed by atoms with E-state index >= 15 is 0 Å². The van der Waals surface area contributed by atoms with E-state index in [-0.39, 0.29) is 26.4 Å². The number of pyridine rings is 1. The largest absolute Gasteiger partial charge is 0.473 e. The number of ether oxygens (including phenoxy) is 1. The third kappa shape index (κ3) is 7.41. The van der Waals surface area contributed by atoms with Crippen LogP contribution in [0.25, 0.3) is 0 Å². The molecule has 2 aromatic rings. The molecule has 0 saturated heterocycles. The standard InChI is InChI=1S/C21H32N2O7P2/c1-5-27-31(24,28-6-2)21(32(25,29-7-3)30-8-4)23-19-14-15-20(22-16-19)26-17-18-12-10-9-11-13-18/h9-16,21,23H,5-8,17H2,1-4H3. The predicted molar refractivity (Wildman–Crippen MR) is 124 cm³/mol. The number of benzene rings is 1. The fraction of sp³-hybridized carbons (Fsp3) is 0.476. The number of hydrogen-bond acceptors (Lipinski definition) is 9. The summed E-state index contributed by atoms with van der Waals surface area (Å²) >= 11 is 0. The van der Waals surface area contributed by atoms with E-state index in [2.05, 4.69) is 10.3 Å². The summed E-state index contributed by atoms with van der Waals surface area (Å²) in [5, 5.41) is 2.96. The second-order valence-corrected chi connectivity index (χ2v) is 11.1. The summed E-state index contributed by atoms with van der Waals surface area (Å²) in [7, 11) is -7.85. The van der Waals surface area contributed by atoms with Crippen molar-refractivity contribution in [1.29, 1.82) is 0 Å². The summed E-state index contributed by atoms with van der Waals surface area (Å²) in [5.41, 5.74) is 0.0781. The van der Waals surface area contributed by atoms with Gasteiger partial charge < -0.3 is 28.1 Å². The number of rotatable bonds is 15. The van der Waals surface area contributed by atoms with Gasteiger partial charge in [-0.1, -0.05) is 30.3 Å². The Kier molecular flexibility index (Phi) is 10.9. The van der Waals surface area contributed by atoms with Crippen LogP contribution in [0.15, 0.2) is 48.7 Å². The highest BCUT2D eigenvalue weighted by Crippen LogP contribution is 2.70. The minimum Gasteiger partial charge on any atom is -0.473 e. The Balaban J connectivity index is 2.26. The summed E-state index contributed by atoms with van der Waals surface area (Å²) in [6.45, 7) is 7.46. The van der Waals surface area contributed by atoms with Gasteiger partial charge in [0.1, 0.15) is 6.61 Å². The fourth-order valence-electron chi connectivity index (χ4n) is 2.84. The van der Waals surface area contributed by atoms with Crippen LogP contribution in [-0.2, 0) is 33.8 Å². The Hall–Kier alpha value is -1.73. The molecule has 0 aliphatic heterocycles. The van der Waals surface area contributed by atoms with Crippen molar-refractivity contribution in [2.24, 2.45) is 0 Å². The molecule has 0 unspecified atom stereocenters. The van der Waals surface area contributed by atoms with Gasteiger partial charge >= 0.3 is 15.2 Å². The molecule has 0 radical (unpaired) electrons. The van der Waals surface area contributed by atoms with E-state index in [1.807, 2.05) is 30.3 Å². The van der Waals surface area contributed by atoms with Gasteiger partial charge in [-0.2, -0.15) is 0 Å². The van der Waals surface area contributed by atoms with Gasteiger partial charge in [-0.25, -0.2) is 4.98 Å². The maximum absolute atomic E-state index is 13.6. The van der Waals surface area contributed by atoms with E-state index in [1.165, 1.54) is 6.20 Å². The lowest BCUT2D eigenvalue weighted by Gasteiger charge is -2.32. The molecule has 1 N–H and O–H groups in total. The number of nitrogens with zero attached hydrogens (tertiary/aromatic N) is 1. The zero-order valence-corrected chi connectivity index (χ0v) is 20.7. The number of aromatic nitrogens is 1. The van der Waals surface area contributed by atoms with Crippen molar-refractivity contribution in [2.75, 3.05) is 31.7 Å². The molecule has 1 aromatic carbocycles. The average Bonchev–Trinajstić information content (AvgIpc) is 2.78. The van der Waals surface area contributed by atoms with Crippen LogP contribution in [0.2, 0.25) is 0 Å². The molecule has 0 saturated carbocycles. The first-order valence-corrected chi connectivity index (χ1v) is 13.8. The minimum atomic E-state index is -3.92. The smallest absolute Gasteiger partial charge is 0.365 e. The van der Waals surface area contributed by atoms with E-state index in [4.69, 9.17) is 22.8 Å². The summed E-state index contributed by atoms with van der Waals surface area (Å²) in [4.78, 5) is 4.27. The first-order chi connectivity index (χ1) is 15.4. The lowest BCUT2D eigenvalue weighted by molar-refractivity contribution is 0.198. The number of anilines is 1. The maximum atomic E-state index is 13.6. The van der Waals surface area contributed by atoms with Crippen LogP contribution in [0.5, 0.6) is 5.88 Å². The van der Waals surface area contributed by atoms with Crippen molar-refractivity contribution < 1.29 is 32.0 Å². The fourth-order valence-corrected chi connectivity index (χ4v) is 7.79. The molecule has 0 aliphatic rings. The molecular formula is C21H32N2O7P2. The monoisotopic (exact) mass is 486 g/mol. The molecule has 178 valence electrons. The molecule has 2 rings (SSSR count). The van der Waals surface area contributed by atoms with Crippen LogP contribution in [0, 0.1) is 0 Å². The minimum absolute atomic E-state index is 0.0955. The zero-order chi connectivity index (χ0) is 23.5. The van der Waals surface area contributed by atoms with Crippen molar-refractivity contribution in [3.8, 4) is 5.88 Å². The Morgan fingerprint density at radius 3 is 1.78 bits per heavy atom. The van der Waals surface area contributed by atoms with Crippen molar-refractivity contribution in [3.05, 3.63) is 54.2 Å². The van der Waals surface area contributed by atoms with Gasteiger partial charge in [0.15, 0.2) is 0 Å². The number of hydrogen-bond donors (Lipinski definition) is 1. The second-order valence-electron chi connectivity index (χ2n) is 6.43. The molecule has 32 heavy (non-hydrogen) atoms. The quantitative estimate of drug-likeness (QED) is 0.309. The molecule has 0 spiro atoms. The first kappa shape index (κ1) is 26.5. The molecule has 0 bridgehead atoms. The molecule has 0 fully saturated rings. The summed E-state index contributed by atoms with van der Waals surface area (Å²) < 4.78 is 54.6. The van der Waals surface area contributed by atoms with E-state index in [9.17, 15) is 9.13 Å². The molecule has 9 nitrogen and oxygen atoms in total. The van der Waals surface area contributed by atoms with Gasteiger partial charge in [0.25, 0.3) is 0 Å². The predicted octanol–water partition coefficient (Wildman–Crippen LogP) is 5.89. The SMILES string of the molecule is CCOP(=O)(OCC)C(Nc1ccc(OCc2ccccc2)nc1)P(=O)(OCC)OCC. The normalized spacial score (nSPS) is 12.2. The van der Waals surface area contributed by atoms with Crippen LogP contribution in [0.1, 0.15) is 33.3 Å². The first-order valence-electron chi connectivity index (χ1n) is 10.6. The molecule has 11 heteroatoms. The van der Waals surface area contributed by atoms with E-state index in [1.54, 1.807) is 39.8 Å². The number of nitrogens with one attached hydrogen (secondary N) is 1. The third-order valence-corrected chi connectivity index (χ3v) is 9.72. The van der Waals surface area contributed by atoms with Crippen molar-refractivity contribution in [2.45, 2.75) is 39.8 Å². The van der Waals surface area contributed by atoms with Gasteiger partial charge in [-0.05, 0) is 39.3 Å². The van der Waals surface area contributed by atoms with Crippen molar-refractivity contribution in [3.63, 3.8) is 0 Å². The van der Waals surface area contributed by atoms with E-state index in [0.717, 1.165) is 5.56 Å². The highest BCUT2D eigenvalue weighted by atomic mass is 31.2. The summed E-state index contributed by atoms with van der Waals surface area (Å²) in [6.07, 6.45) is 1.48. The van der Waals surface area contributed by atoms with Crippen LogP contribution in [-0.4, -0.2) is 36.9 Å². The molecule has 0 amide bonds. The molecule has 0 atom stereocenters. The van der Waals surface area contributed by atoms with Gasteiger partial charge in [-0.15, -0.1) is 0 Å². The topological polar surface area (TPSA) is 105 Å². The zero-order valence-electron chi connectivity index (χ0n) is 18.9. The van der Waals surface area contributed by atoms with Gasteiger partial charge in [-0.3, -0.25) is 9.13 Å². The molecular weight excluding hydrogens is 454 g/mol. The Morgan fingerprint density at radius 1 is 0.812 bits per heavy atom. The third-order valence-electron chi connectivity index (χ3n) is 4.10. The summed E-state index contributed by atoms with van der Waals surface area (Å²) in [5.74, 6) is 0.409. The molecule has 1 heterocycles. The van der Waals surface area contributed by atoms with Gasteiger partial charge in [0, 0.05) is 6.07 Å². The van der Waals surface area contributed by atoms with Crippen LogP contribution in [0.3, 0.4) is 0 Å². The highest BCUT2D eigenvalue weighted by Gasteiger charge is 2.51. The molecule has 1 aromatic heterocycles. The Morgan fingerprint density at radius 2 is 1.34 bits per heavy atom. The van der Waals surface area contributed by atoms with Crippen molar-refractivity contribution in [1.82, 2.24) is 4.98 Å². The van der Waals surface area contributed by atoms with Crippen LogP contribution in [0.4, 0.5) is 5.69 Å². The van der Waals surface area contributed by atoms with E-state index in [0.29, 0.717) is 18.2 Å². The van der Waals surface area contributed by atoms with Gasteiger partial charge in [0.2, 0.25) is 11.4 Å². The van der Waals surface area contributed by atoms with Crippen LogP contribution < -0.4 is 10.1 Å². The van der Waals surface area contributed by atoms with Gasteiger partial charge in [0.05, 0.1) is 38.3 Å². The molecule has 0 aliphatic carbocycles. The highest BCUT2D eigenvalue weighted by molar-refractivity contribution is 7.72. The Bertz CT molecular complexity index is 847. The second kappa shape index (κ2) is 13.1. The summed E-state index contributed by atoms with van der Waals surface area (Å²) in [6, 6.07) is 13.0. The lowest BCUT2D eigenvalue weighted by atomic mass is 10.2. The van der Waals surface area contributed by atoms with Crippen molar-refractivity contribution >= 4 is 20.9 Å². The average molecular weight is 486 g/mol. The van der Waals surface area contributed by atoms with E-state index < -0.39 is 20.7 Å². The Labute approximate surface area is 189 Å².